The highest BCUT2D eigenvalue weighted by Gasteiger charge is 2.43. The Kier molecular flexibility index (Phi) is 4.72. The number of piperidine rings is 1. The Balaban J connectivity index is 0.000000753. The first-order valence-corrected chi connectivity index (χ1v) is 9.28. The van der Waals surface area contributed by atoms with Crippen LogP contribution in [0.5, 0.6) is 0 Å². The SMILES string of the molecule is CC.CCc1cc(C)nc2ccc(C3CC4CC(C3)N4C)cc12. The molecular formula is C21H30N2. The lowest BCUT2D eigenvalue weighted by Gasteiger charge is -2.54. The van der Waals surface area contributed by atoms with Gasteiger partial charge >= 0.3 is 0 Å². The van der Waals surface area contributed by atoms with E-state index >= 15 is 0 Å². The first-order valence-electron chi connectivity index (χ1n) is 9.28. The van der Waals surface area contributed by atoms with Gasteiger partial charge < -0.3 is 4.90 Å². The third-order valence-corrected chi connectivity index (χ3v) is 5.71. The van der Waals surface area contributed by atoms with Crippen LogP contribution in [0.1, 0.15) is 62.8 Å². The van der Waals surface area contributed by atoms with Crippen LogP contribution in [0.4, 0.5) is 0 Å². The zero-order valence-corrected chi connectivity index (χ0v) is 15.3. The van der Waals surface area contributed by atoms with Gasteiger partial charge in [-0.25, -0.2) is 0 Å². The van der Waals surface area contributed by atoms with Crippen molar-refractivity contribution in [3.63, 3.8) is 0 Å². The third kappa shape index (κ3) is 2.89. The molecule has 0 N–H and O–H groups in total. The summed E-state index contributed by atoms with van der Waals surface area (Å²) in [6, 6.07) is 10.9. The summed E-state index contributed by atoms with van der Waals surface area (Å²) in [7, 11) is 2.29. The van der Waals surface area contributed by atoms with Crippen LogP contribution in [0, 0.1) is 6.92 Å². The maximum atomic E-state index is 4.70. The minimum absolute atomic E-state index is 0.750. The summed E-state index contributed by atoms with van der Waals surface area (Å²) >= 11 is 0. The lowest BCUT2D eigenvalue weighted by atomic mass is 9.71. The molecule has 1 aliphatic carbocycles. The second kappa shape index (κ2) is 6.60. The molecule has 5 rings (SSSR count). The number of pyridine rings is 1. The van der Waals surface area contributed by atoms with Gasteiger partial charge in [0.05, 0.1) is 5.52 Å². The van der Waals surface area contributed by atoms with Crippen molar-refractivity contribution < 1.29 is 0 Å². The molecule has 0 spiro atoms. The molecule has 124 valence electrons. The number of hydrogen-bond acceptors (Lipinski definition) is 2. The summed E-state index contributed by atoms with van der Waals surface area (Å²) in [6.45, 7) is 8.34. The topological polar surface area (TPSA) is 16.1 Å². The fourth-order valence-corrected chi connectivity index (χ4v) is 4.36. The first kappa shape index (κ1) is 16.4. The molecule has 2 saturated heterocycles. The number of hydrogen-bond donors (Lipinski definition) is 0. The number of aryl methyl sites for hydroxylation is 2. The molecule has 1 aromatic heterocycles. The monoisotopic (exact) mass is 310 g/mol. The quantitative estimate of drug-likeness (QED) is 0.769. The molecule has 2 aromatic rings. The Morgan fingerprint density at radius 3 is 2.39 bits per heavy atom. The van der Waals surface area contributed by atoms with Crippen molar-refractivity contribution in [1.29, 1.82) is 0 Å². The molecule has 23 heavy (non-hydrogen) atoms. The number of fused-ring (bicyclic) bond motifs is 3. The molecule has 3 fully saturated rings. The fraction of sp³-hybridized carbons (Fsp3) is 0.571. The van der Waals surface area contributed by atoms with E-state index < -0.39 is 0 Å². The average Bonchev–Trinajstić information content (AvgIpc) is 2.61. The van der Waals surface area contributed by atoms with E-state index in [1.54, 1.807) is 0 Å². The molecule has 2 nitrogen and oxygen atoms in total. The van der Waals surface area contributed by atoms with Gasteiger partial charge in [-0.15, -0.1) is 0 Å². The van der Waals surface area contributed by atoms with Crippen molar-refractivity contribution in [3.8, 4) is 0 Å². The molecule has 2 unspecified atom stereocenters. The van der Waals surface area contributed by atoms with Gasteiger partial charge in [0.25, 0.3) is 0 Å². The van der Waals surface area contributed by atoms with Crippen molar-refractivity contribution in [1.82, 2.24) is 9.88 Å². The molecule has 0 radical (unpaired) electrons. The summed E-state index contributed by atoms with van der Waals surface area (Å²) < 4.78 is 0. The van der Waals surface area contributed by atoms with Gasteiger partial charge in [-0.3, -0.25) is 4.98 Å². The molecular weight excluding hydrogens is 280 g/mol. The minimum Gasteiger partial charge on any atom is -0.300 e. The lowest BCUT2D eigenvalue weighted by Crippen LogP contribution is -2.58. The Morgan fingerprint density at radius 1 is 1.09 bits per heavy atom. The largest absolute Gasteiger partial charge is 0.300 e. The van der Waals surface area contributed by atoms with Crippen molar-refractivity contribution in [2.24, 2.45) is 0 Å². The van der Waals surface area contributed by atoms with Crippen molar-refractivity contribution >= 4 is 10.9 Å². The molecule has 3 heterocycles. The fourth-order valence-electron chi connectivity index (χ4n) is 4.36. The Morgan fingerprint density at radius 2 is 1.78 bits per heavy atom. The Hall–Kier alpha value is -1.41. The van der Waals surface area contributed by atoms with E-state index in [4.69, 9.17) is 4.98 Å². The number of benzene rings is 1. The van der Waals surface area contributed by atoms with Gasteiger partial charge in [-0.05, 0) is 74.9 Å². The van der Waals surface area contributed by atoms with Crippen LogP contribution in [0.15, 0.2) is 24.3 Å². The van der Waals surface area contributed by atoms with Crippen LogP contribution in [0.25, 0.3) is 10.9 Å². The number of aromatic nitrogens is 1. The van der Waals surface area contributed by atoms with E-state index in [1.807, 2.05) is 13.8 Å². The maximum absolute atomic E-state index is 4.70. The summed E-state index contributed by atoms with van der Waals surface area (Å²) in [5.41, 5.74) is 5.27. The molecule has 2 bridgehead atoms. The van der Waals surface area contributed by atoms with E-state index in [0.717, 1.165) is 35.6 Å². The predicted molar refractivity (Wildman–Crippen MR) is 99.1 cm³/mol. The second-order valence-electron chi connectivity index (χ2n) is 6.93. The predicted octanol–water partition coefficient (Wildman–Crippen LogP) is 5.08. The van der Waals surface area contributed by atoms with E-state index in [-0.39, 0.29) is 0 Å². The molecule has 3 aliphatic rings. The summed E-state index contributed by atoms with van der Waals surface area (Å²) in [5, 5.41) is 1.37. The van der Waals surface area contributed by atoms with Crippen LogP contribution in [0.2, 0.25) is 0 Å². The van der Waals surface area contributed by atoms with Crippen molar-refractivity contribution in [2.75, 3.05) is 7.05 Å². The molecule has 1 saturated carbocycles. The van der Waals surface area contributed by atoms with E-state index in [1.165, 1.54) is 35.8 Å². The summed E-state index contributed by atoms with van der Waals surface area (Å²) in [5.74, 6) is 0.750. The molecule has 2 atom stereocenters. The van der Waals surface area contributed by atoms with Crippen LogP contribution < -0.4 is 0 Å². The zero-order chi connectivity index (χ0) is 16.6. The van der Waals surface area contributed by atoms with Crippen LogP contribution >= 0.6 is 0 Å². The van der Waals surface area contributed by atoms with Gasteiger partial charge in [0.15, 0.2) is 0 Å². The summed E-state index contributed by atoms with van der Waals surface area (Å²) in [6.07, 6.45) is 5.17. The van der Waals surface area contributed by atoms with Crippen LogP contribution in [0.3, 0.4) is 0 Å². The van der Waals surface area contributed by atoms with Crippen LogP contribution in [-0.2, 0) is 6.42 Å². The number of rotatable bonds is 2. The highest BCUT2D eigenvalue weighted by atomic mass is 15.2. The maximum Gasteiger partial charge on any atom is 0.0708 e. The highest BCUT2D eigenvalue weighted by molar-refractivity contribution is 5.83. The summed E-state index contributed by atoms with van der Waals surface area (Å²) in [4.78, 5) is 7.27. The molecule has 0 amide bonds. The Labute approximate surface area is 140 Å². The Bertz CT molecular complexity index is 680. The van der Waals surface area contributed by atoms with E-state index in [0.29, 0.717) is 0 Å². The normalized spacial score (nSPS) is 26.4. The number of nitrogens with zero attached hydrogens (tertiary/aromatic N) is 2. The van der Waals surface area contributed by atoms with Crippen molar-refractivity contribution in [3.05, 3.63) is 41.1 Å². The van der Waals surface area contributed by atoms with Crippen molar-refractivity contribution in [2.45, 2.75) is 71.4 Å². The van der Waals surface area contributed by atoms with Gasteiger partial charge in [0.2, 0.25) is 0 Å². The second-order valence-corrected chi connectivity index (χ2v) is 6.93. The van der Waals surface area contributed by atoms with E-state index in [2.05, 4.69) is 50.1 Å². The van der Waals surface area contributed by atoms with Gasteiger partial charge in [0.1, 0.15) is 0 Å². The highest BCUT2D eigenvalue weighted by Crippen LogP contribution is 2.44. The minimum atomic E-state index is 0.750. The van der Waals surface area contributed by atoms with Gasteiger partial charge in [-0.1, -0.05) is 26.8 Å². The first-order chi connectivity index (χ1) is 11.2. The molecule has 2 heteroatoms. The smallest absolute Gasteiger partial charge is 0.0708 e. The zero-order valence-electron chi connectivity index (χ0n) is 15.3. The van der Waals surface area contributed by atoms with Crippen LogP contribution in [-0.4, -0.2) is 29.0 Å². The lowest BCUT2D eigenvalue weighted by molar-refractivity contribution is -0.0130. The van der Waals surface area contributed by atoms with Gasteiger partial charge in [0, 0.05) is 23.2 Å². The van der Waals surface area contributed by atoms with E-state index in [9.17, 15) is 0 Å². The molecule has 1 aromatic carbocycles. The standard InChI is InChI=1S/C19H24N2.C2H6/c1-4-13-7-12(2)20-19-6-5-14(10-18(13)19)15-8-16-11-17(9-15)21(16)3;1-2/h5-7,10,15-17H,4,8-9,11H2,1-3H3;1-2H3. The average molecular weight is 310 g/mol. The van der Waals surface area contributed by atoms with Gasteiger partial charge in [-0.2, -0.15) is 0 Å². The molecule has 2 aliphatic heterocycles. The third-order valence-electron chi connectivity index (χ3n) is 5.71.